The van der Waals surface area contributed by atoms with Crippen LogP contribution in [0.2, 0.25) is 15.1 Å². The van der Waals surface area contributed by atoms with Gasteiger partial charge in [-0.15, -0.1) is 11.8 Å². The van der Waals surface area contributed by atoms with Crippen molar-refractivity contribution in [2.24, 2.45) is 0 Å². The van der Waals surface area contributed by atoms with Gasteiger partial charge in [0.05, 0.1) is 0 Å². The van der Waals surface area contributed by atoms with Gasteiger partial charge in [-0.2, -0.15) is 0 Å². The quantitative estimate of drug-likeness (QED) is 0.476. The van der Waals surface area contributed by atoms with Crippen LogP contribution in [-0.2, 0) is 16.1 Å². The average Bonchev–Trinajstić information content (AvgIpc) is 2.71. The van der Waals surface area contributed by atoms with Gasteiger partial charge in [-0.3, -0.25) is 9.59 Å². The van der Waals surface area contributed by atoms with E-state index in [1.807, 2.05) is 31.2 Å². The maximum Gasteiger partial charge on any atom is 0.242 e. The number of likely N-dealkylation sites (N-methyl/N-ethyl adjacent to an activating group) is 1. The van der Waals surface area contributed by atoms with E-state index < -0.39 is 6.04 Å². The molecular weight excluding hydrogens is 451 g/mol. The maximum absolute atomic E-state index is 13.1. The zero-order valence-electron chi connectivity index (χ0n) is 16.3. The summed E-state index contributed by atoms with van der Waals surface area (Å²) in [5, 5.41) is 4.25. The summed E-state index contributed by atoms with van der Waals surface area (Å²) >= 11 is 20.1. The lowest BCUT2D eigenvalue weighted by molar-refractivity contribution is -0.140. The van der Waals surface area contributed by atoms with Gasteiger partial charge < -0.3 is 10.2 Å². The molecule has 1 N–H and O–H groups in total. The average molecular weight is 474 g/mol. The Bertz CT molecular complexity index is 826. The maximum atomic E-state index is 13.1. The number of hydrogen-bond acceptors (Lipinski definition) is 3. The highest BCUT2D eigenvalue weighted by molar-refractivity contribution is 7.99. The molecule has 0 bridgehead atoms. The Balaban J connectivity index is 2.15. The van der Waals surface area contributed by atoms with E-state index >= 15 is 0 Å². The van der Waals surface area contributed by atoms with Crippen molar-refractivity contribution in [2.75, 3.05) is 12.8 Å². The second-order valence-electron chi connectivity index (χ2n) is 6.31. The third kappa shape index (κ3) is 6.82. The van der Waals surface area contributed by atoms with Gasteiger partial charge >= 0.3 is 0 Å². The number of nitrogens with zero attached hydrogens (tertiary/aromatic N) is 1. The summed E-state index contributed by atoms with van der Waals surface area (Å²) in [5.74, 6) is 0.240. The molecule has 2 rings (SSSR count). The molecule has 2 aromatic carbocycles. The van der Waals surface area contributed by atoms with Crippen molar-refractivity contribution in [3.63, 3.8) is 0 Å². The van der Waals surface area contributed by atoms with Crippen LogP contribution in [0, 0.1) is 0 Å². The molecule has 0 saturated heterocycles. The van der Waals surface area contributed by atoms with E-state index in [1.165, 1.54) is 0 Å². The van der Waals surface area contributed by atoms with Crippen LogP contribution in [0.4, 0.5) is 0 Å². The van der Waals surface area contributed by atoms with E-state index in [9.17, 15) is 9.59 Å². The van der Waals surface area contributed by atoms with Crippen LogP contribution in [0.25, 0.3) is 0 Å². The molecule has 0 spiro atoms. The molecule has 0 saturated carbocycles. The van der Waals surface area contributed by atoms with Crippen molar-refractivity contribution in [1.82, 2.24) is 10.2 Å². The normalized spacial score (nSPS) is 11.8. The molecule has 8 heteroatoms. The number of halogens is 3. The number of benzene rings is 2. The summed E-state index contributed by atoms with van der Waals surface area (Å²) in [4.78, 5) is 28.0. The minimum atomic E-state index is -0.597. The van der Waals surface area contributed by atoms with E-state index in [0.717, 1.165) is 4.90 Å². The van der Waals surface area contributed by atoms with Crippen LogP contribution < -0.4 is 5.32 Å². The molecule has 156 valence electrons. The Labute approximate surface area is 190 Å². The highest BCUT2D eigenvalue weighted by Gasteiger charge is 2.28. The van der Waals surface area contributed by atoms with Crippen LogP contribution in [0.3, 0.4) is 0 Å². The van der Waals surface area contributed by atoms with Crippen molar-refractivity contribution in [1.29, 1.82) is 0 Å². The molecule has 2 amide bonds. The number of nitrogens with one attached hydrogen (secondary N) is 1. The summed E-state index contributed by atoms with van der Waals surface area (Å²) in [7, 11) is 1.56. The van der Waals surface area contributed by atoms with Crippen molar-refractivity contribution in [3.8, 4) is 0 Å². The second-order valence-corrected chi connectivity index (χ2v) is 8.73. The first-order chi connectivity index (χ1) is 13.9. The zero-order valence-corrected chi connectivity index (χ0v) is 19.3. The van der Waals surface area contributed by atoms with E-state index in [4.69, 9.17) is 34.8 Å². The van der Waals surface area contributed by atoms with Crippen LogP contribution in [0.5, 0.6) is 0 Å². The van der Waals surface area contributed by atoms with Gasteiger partial charge in [0.2, 0.25) is 11.8 Å². The molecule has 4 nitrogen and oxygen atoms in total. The van der Waals surface area contributed by atoms with Gasteiger partial charge in [0.25, 0.3) is 0 Å². The summed E-state index contributed by atoms with van der Waals surface area (Å²) < 4.78 is 0. The number of amides is 2. The lowest BCUT2D eigenvalue weighted by Gasteiger charge is -2.31. The van der Waals surface area contributed by atoms with Crippen LogP contribution >= 0.6 is 46.6 Å². The summed E-state index contributed by atoms with van der Waals surface area (Å²) in [6.45, 7) is 2.05. The van der Waals surface area contributed by atoms with Crippen molar-refractivity contribution < 1.29 is 9.59 Å². The summed E-state index contributed by atoms with van der Waals surface area (Å²) in [6, 6.07) is 12.1. The van der Waals surface area contributed by atoms with E-state index in [1.54, 1.807) is 41.9 Å². The molecule has 0 fully saturated rings. The monoisotopic (exact) mass is 472 g/mol. The minimum absolute atomic E-state index is 0.127. The predicted octanol–water partition coefficient (Wildman–Crippen LogP) is 5.68. The number of hydrogen-bond donors (Lipinski definition) is 1. The Morgan fingerprint density at radius 2 is 1.69 bits per heavy atom. The standard InChI is InChI=1S/C21H23Cl3N2O2S/c1-3-19(21(28)25-2)26(13-16-17(23)5-4-6-18(16)24)20(27)11-12-29-15-9-7-14(22)8-10-15/h4-10,19H,3,11-13H2,1-2H3,(H,25,28)/t19-/m0/s1. The van der Waals surface area contributed by atoms with Gasteiger partial charge in [0, 0.05) is 51.3 Å². The summed E-state index contributed by atoms with van der Waals surface area (Å²) in [5.41, 5.74) is 0.636. The third-order valence-electron chi connectivity index (χ3n) is 4.42. The fourth-order valence-electron chi connectivity index (χ4n) is 2.87. The highest BCUT2D eigenvalue weighted by atomic mass is 35.5. The third-order valence-corrected chi connectivity index (χ3v) is 6.39. The Hall–Kier alpha value is -1.40. The molecule has 0 radical (unpaired) electrons. The Morgan fingerprint density at radius 1 is 1.07 bits per heavy atom. The zero-order chi connectivity index (χ0) is 21.4. The van der Waals surface area contributed by atoms with Crippen molar-refractivity contribution in [2.45, 2.75) is 37.2 Å². The van der Waals surface area contributed by atoms with Crippen molar-refractivity contribution >= 4 is 58.4 Å². The molecule has 0 aliphatic heterocycles. The molecule has 29 heavy (non-hydrogen) atoms. The SMILES string of the molecule is CC[C@@H](C(=O)NC)N(Cc1c(Cl)cccc1Cl)C(=O)CCSc1ccc(Cl)cc1. The van der Waals surface area contributed by atoms with E-state index in [-0.39, 0.29) is 24.8 Å². The molecule has 0 aromatic heterocycles. The predicted molar refractivity (Wildman–Crippen MR) is 122 cm³/mol. The fourth-order valence-corrected chi connectivity index (χ4v) is 4.35. The number of rotatable bonds is 9. The smallest absolute Gasteiger partial charge is 0.242 e. The van der Waals surface area contributed by atoms with Crippen LogP contribution in [0.1, 0.15) is 25.3 Å². The van der Waals surface area contributed by atoms with Crippen molar-refractivity contribution in [3.05, 3.63) is 63.1 Å². The topological polar surface area (TPSA) is 49.4 Å². The molecule has 2 aromatic rings. The van der Waals surface area contributed by atoms with Crippen LogP contribution in [0.15, 0.2) is 47.4 Å². The molecule has 0 unspecified atom stereocenters. The van der Waals surface area contributed by atoms with Gasteiger partial charge in [-0.05, 0) is 42.8 Å². The largest absolute Gasteiger partial charge is 0.357 e. The van der Waals surface area contributed by atoms with E-state index in [2.05, 4.69) is 5.32 Å². The first-order valence-corrected chi connectivity index (χ1v) is 11.3. The van der Waals surface area contributed by atoms with Gasteiger partial charge in [-0.1, -0.05) is 47.8 Å². The lowest BCUT2D eigenvalue weighted by atomic mass is 10.1. The highest BCUT2D eigenvalue weighted by Crippen LogP contribution is 2.28. The first-order valence-electron chi connectivity index (χ1n) is 9.19. The number of thioether (sulfide) groups is 1. The summed E-state index contributed by atoms with van der Waals surface area (Å²) in [6.07, 6.45) is 0.765. The molecule has 1 atom stereocenters. The number of carbonyl (C=O) groups is 2. The second kappa shape index (κ2) is 11.7. The molecular formula is C21H23Cl3N2O2S. The Morgan fingerprint density at radius 3 is 2.24 bits per heavy atom. The molecule has 0 aliphatic carbocycles. The Kier molecular flexibility index (Phi) is 9.63. The number of carbonyl (C=O) groups excluding carboxylic acids is 2. The van der Waals surface area contributed by atoms with Gasteiger partial charge in [0.1, 0.15) is 6.04 Å². The van der Waals surface area contributed by atoms with Crippen LogP contribution in [-0.4, -0.2) is 35.6 Å². The molecule has 0 heterocycles. The lowest BCUT2D eigenvalue weighted by Crippen LogP contribution is -2.48. The fraction of sp³-hybridized carbons (Fsp3) is 0.333. The minimum Gasteiger partial charge on any atom is -0.357 e. The van der Waals surface area contributed by atoms with Gasteiger partial charge in [0.15, 0.2) is 0 Å². The van der Waals surface area contributed by atoms with E-state index in [0.29, 0.717) is 32.8 Å². The van der Waals surface area contributed by atoms with Gasteiger partial charge in [-0.25, -0.2) is 0 Å². The first kappa shape index (κ1) is 23.9. The molecule has 0 aliphatic rings.